The number of nitrogens with zero attached hydrogens (tertiary/aromatic N) is 4. The fourth-order valence-corrected chi connectivity index (χ4v) is 4.35. The number of amides is 1. The van der Waals surface area contributed by atoms with Crippen LogP contribution in [0.1, 0.15) is 21.7 Å². The average molecular weight is 449 g/mol. The van der Waals surface area contributed by atoms with Gasteiger partial charge in [-0.25, -0.2) is 18.4 Å². The molecule has 8 nitrogen and oxygen atoms in total. The average Bonchev–Trinajstić information content (AvgIpc) is 3.27. The van der Waals surface area contributed by atoms with Crippen LogP contribution in [0.15, 0.2) is 83.0 Å². The van der Waals surface area contributed by atoms with E-state index in [1.807, 2.05) is 12.2 Å². The molecule has 1 unspecified atom stereocenters. The van der Waals surface area contributed by atoms with E-state index in [0.717, 1.165) is 5.56 Å². The van der Waals surface area contributed by atoms with Crippen LogP contribution in [0.25, 0.3) is 6.08 Å². The first-order valence-corrected chi connectivity index (χ1v) is 11.5. The second kappa shape index (κ2) is 9.11. The molecule has 1 aliphatic rings. The summed E-state index contributed by atoms with van der Waals surface area (Å²) in [5, 5.41) is 9.35. The van der Waals surface area contributed by atoms with Gasteiger partial charge in [0, 0.05) is 18.0 Å². The molecule has 162 valence electrons. The van der Waals surface area contributed by atoms with Gasteiger partial charge in [0.25, 0.3) is 5.91 Å². The van der Waals surface area contributed by atoms with Gasteiger partial charge in [0.1, 0.15) is 17.3 Å². The van der Waals surface area contributed by atoms with Crippen LogP contribution in [0.2, 0.25) is 0 Å². The SMILES string of the molecule is O=C(c1ccc(O)cc1)N1C=NC(/C=C/c2ccc(S(=O)(=O)Cc3ncccn3)cc2)C1. The summed E-state index contributed by atoms with van der Waals surface area (Å²) in [4.78, 5) is 26.5. The van der Waals surface area contributed by atoms with E-state index in [0.29, 0.717) is 12.1 Å². The predicted octanol–water partition coefficient (Wildman–Crippen LogP) is 2.72. The lowest BCUT2D eigenvalue weighted by molar-refractivity contribution is 0.0859. The minimum absolute atomic E-state index is 0.102. The molecule has 4 rings (SSSR count). The molecule has 2 heterocycles. The lowest BCUT2D eigenvalue weighted by Crippen LogP contribution is -2.29. The van der Waals surface area contributed by atoms with Crippen molar-refractivity contribution < 1.29 is 18.3 Å². The van der Waals surface area contributed by atoms with Crippen molar-refractivity contribution in [3.63, 3.8) is 0 Å². The summed E-state index contributed by atoms with van der Waals surface area (Å²) in [6.07, 6.45) is 8.23. The number of benzene rings is 2. The van der Waals surface area contributed by atoms with Crippen LogP contribution in [0.3, 0.4) is 0 Å². The lowest BCUT2D eigenvalue weighted by Gasteiger charge is -2.13. The van der Waals surface area contributed by atoms with Crippen molar-refractivity contribution in [1.82, 2.24) is 14.9 Å². The number of rotatable bonds is 6. The molecule has 9 heteroatoms. The topological polar surface area (TPSA) is 113 Å². The Morgan fingerprint density at radius 3 is 2.44 bits per heavy atom. The summed E-state index contributed by atoms with van der Waals surface area (Å²) in [5.41, 5.74) is 1.29. The third-order valence-electron chi connectivity index (χ3n) is 4.84. The van der Waals surface area contributed by atoms with Crippen LogP contribution in [0.4, 0.5) is 0 Å². The zero-order chi connectivity index (χ0) is 22.6. The molecule has 3 aromatic rings. The Morgan fingerprint density at radius 2 is 1.75 bits per heavy atom. The van der Waals surface area contributed by atoms with Crippen molar-refractivity contribution in [2.45, 2.75) is 16.7 Å². The van der Waals surface area contributed by atoms with Crippen molar-refractivity contribution >= 4 is 28.2 Å². The molecule has 0 bridgehead atoms. The summed E-state index contributed by atoms with van der Waals surface area (Å²) in [6.45, 7) is 0.403. The van der Waals surface area contributed by atoms with Gasteiger partial charge in [-0.2, -0.15) is 0 Å². The highest BCUT2D eigenvalue weighted by Crippen LogP contribution is 2.18. The number of carbonyl (C=O) groups excluding carboxylic acids is 1. The smallest absolute Gasteiger partial charge is 0.259 e. The van der Waals surface area contributed by atoms with Gasteiger partial charge in [-0.1, -0.05) is 24.3 Å². The molecule has 0 fully saturated rings. The Labute approximate surface area is 185 Å². The van der Waals surface area contributed by atoms with Crippen LogP contribution in [0.5, 0.6) is 5.75 Å². The monoisotopic (exact) mass is 448 g/mol. The first kappa shape index (κ1) is 21.4. The number of hydrogen-bond acceptors (Lipinski definition) is 7. The molecule has 1 atom stereocenters. The fourth-order valence-electron chi connectivity index (χ4n) is 3.14. The highest BCUT2D eigenvalue weighted by atomic mass is 32.2. The van der Waals surface area contributed by atoms with Gasteiger partial charge in [-0.15, -0.1) is 0 Å². The Morgan fingerprint density at radius 1 is 1.06 bits per heavy atom. The predicted molar refractivity (Wildman–Crippen MR) is 120 cm³/mol. The molecule has 0 saturated heterocycles. The number of phenols is 1. The van der Waals surface area contributed by atoms with Crippen molar-refractivity contribution in [2.75, 3.05) is 6.54 Å². The van der Waals surface area contributed by atoms with Gasteiger partial charge >= 0.3 is 0 Å². The van der Waals surface area contributed by atoms with Gasteiger partial charge in [-0.05, 0) is 48.0 Å². The normalized spacial score (nSPS) is 16.0. The summed E-state index contributed by atoms with van der Waals surface area (Å²) in [6, 6.07) is 14.0. The van der Waals surface area contributed by atoms with E-state index >= 15 is 0 Å². The Bertz CT molecular complexity index is 1260. The summed E-state index contributed by atoms with van der Waals surface area (Å²) < 4.78 is 25.1. The zero-order valence-electron chi connectivity index (χ0n) is 16.9. The largest absolute Gasteiger partial charge is 0.508 e. The quantitative estimate of drug-likeness (QED) is 0.620. The lowest BCUT2D eigenvalue weighted by atomic mass is 10.1. The second-order valence-electron chi connectivity index (χ2n) is 7.19. The molecule has 32 heavy (non-hydrogen) atoms. The summed E-state index contributed by atoms with van der Waals surface area (Å²) >= 11 is 0. The molecular formula is C23H20N4O4S. The molecule has 1 N–H and O–H groups in total. The van der Waals surface area contributed by atoms with Crippen LogP contribution in [-0.2, 0) is 15.6 Å². The zero-order valence-corrected chi connectivity index (χ0v) is 17.8. The van der Waals surface area contributed by atoms with Crippen molar-refractivity contribution in [3.8, 4) is 5.75 Å². The summed E-state index contributed by atoms with van der Waals surface area (Å²) in [5.74, 6) is -0.0988. The number of aromatic hydroxyl groups is 1. The number of aliphatic imine (C=N–C) groups is 1. The number of aromatic nitrogens is 2. The van der Waals surface area contributed by atoms with Crippen LogP contribution in [0, 0.1) is 0 Å². The molecule has 1 aliphatic heterocycles. The van der Waals surface area contributed by atoms with E-state index in [9.17, 15) is 18.3 Å². The molecule has 0 aliphatic carbocycles. The standard InChI is InChI=1S/C23H20N4O4S/c28-20-8-5-18(6-9-20)23(29)27-14-19(26-16-27)7-2-17-3-10-21(11-4-17)32(30,31)15-22-24-12-1-13-25-22/h1-13,16,19,28H,14-15H2/b7-2+. The van der Waals surface area contributed by atoms with Crippen molar-refractivity contribution in [2.24, 2.45) is 4.99 Å². The molecule has 0 spiro atoms. The highest BCUT2D eigenvalue weighted by molar-refractivity contribution is 7.90. The molecule has 1 aromatic heterocycles. The second-order valence-corrected chi connectivity index (χ2v) is 9.18. The van der Waals surface area contributed by atoms with E-state index < -0.39 is 9.84 Å². The maximum absolute atomic E-state index is 12.5. The van der Waals surface area contributed by atoms with Crippen LogP contribution >= 0.6 is 0 Å². The Kier molecular flexibility index (Phi) is 6.09. The van der Waals surface area contributed by atoms with Gasteiger partial charge in [0.15, 0.2) is 9.84 Å². The van der Waals surface area contributed by atoms with E-state index in [1.165, 1.54) is 35.8 Å². The minimum Gasteiger partial charge on any atom is -0.508 e. The maximum Gasteiger partial charge on any atom is 0.259 e. The fraction of sp³-hybridized carbons (Fsp3) is 0.130. The summed E-state index contributed by atoms with van der Waals surface area (Å²) in [7, 11) is -3.54. The van der Waals surface area contributed by atoms with Gasteiger partial charge in [0.2, 0.25) is 0 Å². The first-order valence-electron chi connectivity index (χ1n) is 9.81. The number of phenolic OH excluding ortho intramolecular Hbond substituents is 1. The molecular weight excluding hydrogens is 428 g/mol. The van der Waals surface area contributed by atoms with Gasteiger partial charge in [0.05, 0.1) is 23.8 Å². The molecule has 0 radical (unpaired) electrons. The minimum atomic E-state index is -3.54. The van der Waals surface area contributed by atoms with Crippen molar-refractivity contribution in [1.29, 1.82) is 0 Å². The number of hydrogen-bond donors (Lipinski definition) is 1. The third-order valence-corrected chi connectivity index (χ3v) is 6.47. The third kappa shape index (κ3) is 5.06. The molecule has 1 amide bonds. The van der Waals surface area contributed by atoms with Crippen LogP contribution in [-0.4, -0.2) is 53.2 Å². The van der Waals surface area contributed by atoms with Gasteiger partial charge < -0.3 is 5.11 Å². The van der Waals surface area contributed by atoms with Crippen LogP contribution < -0.4 is 0 Å². The van der Waals surface area contributed by atoms with E-state index in [1.54, 1.807) is 42.5 Å². The highest BCUT2D eigenvalue weighted by Gasteiger charge is 2.22. The van der Waals surface area contributed by atoms with E-state index in [2.05, 4.69) is 15.0 Å². The van der Waals surface area contributed by atoms with Gasteiger partial charge in [-0.3, -0.25) is 14.7 Å². The van der Waals surface area contributed by atoms with Crippen molar-refractivity contribution in [3.05, 3.63) is 90.0 Å². The molecule has 2 aromatic carbocycles. The Hall–Kier alpha value is -3.85. The van der Waals surface area contributed by atoms with E-state index in [4.69, 9.17) is 0 Å². The van der Waals surface area contributed by atoms with E-state index in [-0.39, 0.29) is 34.2 Å². The molecule has 0 saturated carbocycles. The Balaban J connectivity index is 1.37. The first-order chi connectivity index (χ1) is 15.4. The number of carbonyl (C=O) groups is 1. The maximum atomic E-state index is 12.5. The number of sulfone groups is 1.